The maximum atomic E-state index is 14.6. The van der Waals surface area contributed by atoms with E-state index in [0.29, 0.717) is 0 Å². The van der Waals surface area contributed by atoms with Crippen molar-refractivity contribution in [3.8, 4) is 11.3 Å². The third-order valence-corrected chi connectivity index (χ3v) is 3.29. The number of carbonyl (C=O) groups is 1. The first kappa shape index (κ1) is 14.8. The number of aromatic amines is 1. The molecule has 9 heteroatoms. The molecule has 1 aromatic carbocycles. The second-order valence-electron chi connectivity index (χ2n) is 4.60. The van der Waals surface area contributed by atoms with Gasteiger partial charge in [-0.25, -0.2) is 18.0 Å². The van der Waals surface area contributed by atoms with Crippen LogP contribution in [-0.2, 0) is 4.74 Å². The number of hydrogen-bond acceptors (Lipinski definition) is 5. The highest BCUT2D eigenvalue weighted by Gasteiger charge is 2.24. The first-order valence-corrected chi connectivity index (χ1v) is 6.30. The molecule has 0 aliphatic heterocycles. The highest BCUT2D eigenvalue weighted by molar-refractivity contribution is 6.02. The summed E-state index contributed by atoms with van der Waals surface area (Å²) < 4.78 is 47.0. The van der Waals surface area contributed by atoms with Crippen LogP contribution in [0.1, 0.15) is 10.5 Å². The molecule has 0 spiro atoms. The molecule has 3 N–H and O–H groups in total. The van der Waals surface area contributed by atoms with Gasteiger partial charge in [0.15, 0.2) is 17.3 Å². The number of esters is 1. The maximum absolute atomic E-state index is 14.6. The third kappa shape index (κ3) is 2.17. The monoisotopic (exact) mass is 322 g/mol. The van der Waals surface area contributed by atoms with Crippen LogP contribution in [0.3, 0.4) is 0 Å². The summed E-state index contributed by atoms with van der Waals surface area (Å²) in [7, 11) is 1.14. The van der Waals surface area contributed by atoms with E-state index in [0.717, 1.165) is 25.4 Å². The number of fused-ring (bicyclic) bond motifs is 1. The molecule has 0 fully saturated rings. The summed E-state index contributed by atoms with van der Waals surface area (Å²) in [6.45, 7) is 0. The van der Waals surface area contributed by atoms with Gasteiger partial charge in [0.2, 0.25) is 0 Å². The number of anilines is 1. The van der Waals surface area contributed by atoms with Crippen molar-refractivity contribution in [2.75, 3.05) is 12.8 Å². The van der Waals surface area contributed by atoms with Gasteiger partial charge in [0.1, 0.15) is 17.0 Å². The van der Waals surface area contributed by atoms with Gasteiger partial charge in [0.25, 0.3) is 0 Å². The normalized spacial score (nSPS) is 11.0. The van der Waals surface area contributed by atoms with Crippen LogP contribution in [0.15, 0.2) is 18.3 Å². The number of aromatic nitrogens is 3. The molecule has 2 heterocycles. The van der Waals surface area contributed by atoms with Crippen molar-refractivity contribution in [2.45, 2.75) is 0 Å². The van der Waals surface area contributed by atoms with Gasteiger partial charge in [-0.15, -0.1) is 0 Å². The lowest BCUT2D eigenvalue weighted by Gasteiger charge is -2.08. The molecule has 3 aromatic rings. The predicted molar refractivity (Wildman–Crippen MR) is 75.0 cm³/mol. The Morgan fingerprint density at radius 1 is 1.26 bits per heavy atom. The molecule has 23 heavy (non-hydrogen) atoms. The number of carbonyl (C=O) groups excluding carboxylic acids is 1. The van der Waals surface area contributed by atoms with Gasteiger partial charge >= 0.3 is 5.97 Å². The minimum Gasteiger partial charge on any atom is -0.464 e. The number of halogens is 3. The lowest BCUT2D eigenvalue weighted by Crippen LogP contribution is -2.03. The van der Waals surface area contributed by atoms with Crippen molar-refractivity contribution in [3.05, 3.63) is 41.5 Å². The second kappa shape index (κ2) is 5.27. The largest absolute Gasteiger partial charge is 0.464 e. The summed E-state index contributed by atoms with van der Waals surface area (Å²) in [5.74, 6) is -4.00. The Hall–Kier alpha value is -3.10. The zero-order valence-corrected chi connectivity index (χ0v) is 11.7. The molecule has 3 rings (SSSR count). The molecule has 0 unspecified atom stereocenters. The summed E-state index contributed by atoms with van der Waals surface area (Å²) >= 11 is 0. The van der Waals surface area contributed by atoms with E-state index in [1.165, 1.54) is 0 Å². The number of nitrogens with zero attached hydrogens (tertiary/aromatic N) is 2. The molecule has 2 aromatic heterocycles. The number of nitrogens with one attached hydrogen (secondary N) is 1. The molecule has 0 saturated heterocycles. The molecule has 0 saturated carbocycles. The third-order valence-electron chi connectivity index (χ3n) is 3.29. The summed E-state index contributed by atoms with van der Waals surface area (Å²) in [4.78, 5) is 15.2. The maximum Gasteiger partial charge on any atom is 0.359 e. The van der Waals surface area contributed by atoms with Crippen molar-refractivity contribution in [3.63, 3.8) is 0 Å². The number of H-pyrrole nitrogens is 1. The van der Waals surface area contributed by atoms with Crippen molar-refractivity contribution in [1.29, 1.82) is 0 Å². The zero-order valence-electron chi connectivity index (χ0n) is 11.7. The molecular formula is C14H9F3N4O2. The number of pyridine rings is 1. The fourth-order valence-electron chi connectivity index (χ4n) is 2.16. The highest BCUT2D eigenvalue weighted by atomic mass is 19.1. The lowest BCUT2D eigenvalue weighted by atomic mass is 10.1. The Morgan fingerprint density at radius 3 is 2.70 bits per heavy atom. The zero-order chi connectivity index (χ0) is 16.7. The number of nitrogens with two attached hydrogens (primary N) is 1. The highest BCUT2D eigenvalue weighted by Crippen LogP contribution is 2.32. The molecule has 6 nitrogen and oxygen atoms in total. The van der Waals surface area contributed by atoms with Crippen molar-refractivity contribution < 1.29 is 22.7 Å². The van der Waals surface area contributed by atoms with Gasteiger partial charge in [-0.2, -0.15) is 5.10 Å². The van der Waals surface area contributed by atoms with E-state index in [-0.39, 0.29) is 22.3 Å². The van der Waals surface area contributed by atoms with E-state index >= 15 is 0 Å². The molecule has 0 radical (unpaired) electrons. The van der Waals surface area contributed by atoms with E-state index in [2.05, 4.69) is 19.9 Å². The molecule has 0 aliphatic rings. The number of benzene rings is 1. The average Bonchev–Trinajstić information content (AvgIpc) is 2.97. The van der Waals surface area contributed by atoms with Crippen LogP contribution in [0.5, 0.6) is 0 Å². The van der Waals surface area contributed by atoms with Crippen LogP contribution >= 0.6 is 0 Å². The number of rotatable bonds is 2. The van der Waals surface area contributed by atoms with Gasteiger partial charge in [-0.3, -0.25) is 10.1 Å². The lowest BCUT2D eigenvalue weighted by molar-refractivity contribution is 0.0596. The fourth-order valence-corrected chi connectivity index (χ4v) is 2.16. The van der Waals surface area contributed by atoms with Gasteiger partial charge < -0.3 is 10.5 Å². The minimum absolute atomic E-state index is 0.0304. The van der Waals surface area contributed by atoms with E-state index < -0.39 is 34.7 Å². The van der Waals surface area contributed by atoms with Crippen LogP contribution in [0.2, 0.25) is 0 Å². The quantitative estimate of drug-likeness (QED) is 0.558. The first-order chi connectivity index (χ1) is 11.0. The summed E-state index contributed by atoms with van der Waals surface area (Å²) in [6, 6.07) is 1.93. The van der Waals surface area contributed by atoms with Crippen LogP contribution in [0.4, 0.5) is 18.9 Å². The smallest absolute Gasteiger partial charge is 0.359 e. The number of ether oxygens (including phenoxy) is 1. The van der Waals surface area contributed by atoms with Crippen molar-refractivity contribution in [2.24, 2.45) is 0 Å². The molecule has 0 amide bonds. The SMILES string of the molecule is COC(=O)c1n[nH]c2c(F)c(-c3c(F)ccc(N)c3F)ncc12. The predicted octanol–water partition coefficient (Wildman–Crippen LogP) is 2.41. The van der Waals surface area contributed by atoms with Gasteiger partial charge in [-0.05, 0) is 12.1 Å². The van der Waals surface area contributed by atoms with Gasteiger partial charge in [0.05, 0.1) is 23.7 Å². The van der Waals surface area contributed by atoms with Crippen molar-refractivity contribution >= 4 is 22.6 Å². The van der Waals surface area contributed by atoms with Crippen LogP contribution in [0.25, 0.3) is 22.2 Å². The molecule has 0 bridgehead atoms. The van der Waals surface area contributed by atoms with Gasteiger partial charge in [0, 0.05) is 6.20 Å². The number of hydrogen-bond donors (Lipinski definition) is 2. The summed E-state index contributed by atoms with van der Waals surface area (Å²) in [5, 5.41) is 5.96. The van der Waals surface area contributed by atoms with Gasteiger partial charge in [-0.1, -0.05) is 0 Å². The van der Waals surface area contributed by atoms with E-state index in [9.17, 15) is 18.0 Å². The topological polar surface area (TPSA) is 93.9 Å². The average molecular weight is 322 g/mol. The Kier molecular flexibility index (Phi) is 3.40. The van der Waals surface area contributed by atoms with E-state index in [1.807, 2.05) is 0 Å². The molecule has 0 atom stereocenters. The van der Waals surface area contributed by atoms with Crippen molar-refractivity contribution in [1.82, 2.24) is 15.2 Å². The Labute approximate surface area is 127 Å². The van der Waals surface area contributed by atoms with E-state index in [4.69, 9.17) is 5.73 Å². The molecular weight excluding hydrogens is 313 g/mol. The number of methoxy groups -OCH3 is 1. The standard InChI is InChI=1S/C14H9F3N4O2/c1-23-14(22)12-5-4-19-13(10(17)11(5)20-21-12)8-6(15)2-3-7(18)9(8)16/h2-4H,18H2,1H3,(H,20,21). The van der Waals surface area contributed by atoms with Crippen LogP contribution in [-0.4, -0.2) is 28.3 Å². The Balaban J connectivity index is 2.28. The fraction of sp³-hybridized carbons (Fsp3) is 0.0714. The van der Waals surface area contributed by atoms with E-state index in [1.54, 1.807) is 0 Å². The summed E-state index contributed by atoms with van der Waals surface area (Å²) in [6.07, 6.45) is 1.07. The minimum atomic E-state index is -1.12. The Morgan fingerprint density at radius 2 is 2.00 bits per heavy atom. The second-order valence-corrected chi connectivity index (χ2v) is 4.60. The van der Waals surface area contributed by atoms with Crippen LogP contribution in [0, 0.1) is 17.5 Å². The number of nitrogen functional groups attached to an aromatic ring is 1. The molecule has 0 aliphatic carbocycles. The first-order valence-electron chi connectivity index (χ1n) is 6.30. The molecule has 118 valence electrons. The Bertz CT molecular complexity index is 939. The van der Waals surface area contributed by atoms with Crippen LogP contribution < -0.4 is 5.73 Å². The summed E-state index contributed by atoms with van der Waals surface area (Å²) in [5.41, 5.74) is 3.34.